The first-order valence-electron chi connectivity index (χ1n) is 6.53. The van der Waals surface area contributed by atoms with E-state index in [1.54, 1.807) is 30.9 Å². The van der Waals surface area contributed by atoms with Crippen LogP contribution < -0.4 is 10.1 Å². The van der Waals surface area contributed by atoms with Crippen molar-refractivity contribution >= 4 is 22.4 Å². The summed E-state index contributed by atoms with van der Waals surface area (Å²) < 4.78 is 1.91. The first-order valence-corrected chi connectivity index (χ1v) is 7.35. The van der Waals surface area contributed by atoms with Gasteiger partial charge in [-0.2, -0.15) is 9.50 Å². The van der Waals surface area contributed by atoms with Crippen molar-refractivity contribution in [3.63, 3.8) is 0 Å². The zero-order valence-electron chi connectivity index (χ0n) is 11.2. The maximum atomic E-state index is 12.4. The molecule has 0 N–H and O–H groups in total. The van der Waals surface area contributed by atoms with Crippen LogP contribution in [0.5, 0.6) is 0 Å². The summed E-state index contributed by atoms with van der Waals surface area (Å²) >= 11 is 1.31. The van der Waals surface area contributed by atoms with Crippen LogP contribution in [0.2, 0.25) is 0 Å². The van der Waals surface area contributed by atoms with Crippen molar-refractivity contribution in [1.82, 2.24) is 24.6 Å². The number of fused-ring (bicyclic) bond motifs is 1. The number of aromatic nitrogens is 5. The number of nitrogens with zero attached hydrogens (tertiary/aromatic N) is 5. The largest absolute Gasteiger partial charge is 0.291 e. The Bertz CT molecular complexity index is 1040. The summed E-state index contributed by atoms with van der Waals surface area (Å²) in [7, 11) is 0. The highest BCUT2D eigenvalue weighted by Gasteiger charge is 2.11. The quantitative estimate of drug-likeness (QED) is 0.555. The van der Waals surface area contributed by atoms with Crippen molar-refractivity contribution < 1.29 is 0 Å². The van der Waals surface area contributed by atoms with Gasteiger partial charge < -0.3 is 0 Å². The van der Waals surface area contributed by atoms with Crippen LogP contribution in [0.1, 0.15) is 5.56 Å². The van der Waals surface area contributed by atoms with Gasteiger partial charge in [0.15, 0.2) is 5.82 Å². The van der Waals surface area contributed by atoms with Gasteiger partial charge in [0.1, 0.15) is 0 Å². The lowest BCUT2D eigenvalue weighted by Crippen LogP contribution is -2.23. The third-order valence-corrected chi connectivity index (χ3v) is 4.04. The molecule has 0 fully saturated rings. The highest BCUT2D eigenvalue weighted by atomic mass is 32.1. The molecular weight excluding hydrogens is 298 g/mol. The van der Waals surface area contributed by atoms with Gasteiger partial charge in [-0.3, -0.25) is 14.8 Å². The van der Waals surface area contributed by atoms with E-state index in [0.717, 1.165) is 11.1 Å². The lowest BCUT2D eigenvalue weighted by atomic mass is 10.3. The molecule has 4 aromatic rings. The summed E-state index contributed by atoms with van der Waals surface area (Å²) in [4.78, 5) is 25.4. The van der Waals surface area contributed by atoms with E-state index in [0.29, 0.717) is 15.3 Å². The Labute approximate surface area is 128 Å². The van der Waals surface area contributed by atoms with E-state index >= 15 is 0 Å². The summed E-state index contributed by atoms with van der Waals surface area (Å²) in [5.41, 5.74) is 1.48. The molecule has 0 bridgehead atoms. The molecule has 0 aliphatic carbocycles. The molecule has 0 aliphatic heterocycles. The molecule has 0 radical (unpaired) electrons. The van der Waals surface area contributed by atoms with Crippen molar-refractivity contribution in [2.75, 3.05) is 0 Å². The topological polar surface area (TPSA) is 73.0 Å². The van der Waals surface area contributed by atoms with E-state index in [9.17, 15) is 4.79 Å². The van der Waals surface area contributed by atoms with Crippen LogP contribution in [0.15, 0.2) is 53.8 Å². The van der Waals surface area contributed by atoms with Gasteiger partial charge in [0.05, 0.1) is 4.53 Å². The molecule has 0 saturated heterocycles. The Morgan fingerprint density at radius 2 is 1.91 bits per heavy atom. The Morgan fingerprint density at radius 3 is 2.59 bits per heavy atom. The highest BCUT2D eigenvalue weighted by Crippen LogP contribution is 2.14. The normalized spacial score (nSPS) is 12.1. The van der Waals surface area contributed by atoms with Crippen LogP contribution in [-0.2, 0) is 0 Å². The summed E-state index contributed by atoms with van der Waals surface area (Å²) in [6.45, 7) is 0. The fourth-order valence-electron chi connectivity index (χ4n) is 2.06. The van der Waals surface area contributed by atoms with Gasteiger partial charge in [-0.05, 0) is 29.8 Å². The predicted octanol–water partition coefficient (Wildman–Crippen LogP) is 1.16. The standard InChI is InChI=1S/C15H9N5OS/c21-14-12(7-10-3-1-5-16-8-10)22-15-18-13(19-20(14)15)11-4-2-6-17-9-11/h1-9H/b12-7-. The van der Waals surface area contributed by atoms with Gasteiger partial charge in [-0.15, -0.1) is 5.10 Å². The van der Waals surface area contributed by atoms with E-state index in [-0.39, 0.29) is 5.56 Å². The summed E-state index contributed by atoms with van der Waals surface area (Å²) in [6, 6.07) is 7.39. The molecule has 4 rings (SSSR count). The van der Waals surface area contributed by atoms with Crippen molar-refractivity contribution in [1.29, 1.82) is 0 Å². The zero-order valence-corrected chi connectivity index (χ0v) is 12.1. The monoisotopic (exact) mass is 307 g/mol. The van der Waals surface area contributed by atoms with Gasteiger partial charge in [0, 0.05) is 30.4 Å². The van der Waals surface area contributed by atoms with E-state index < -0.39 is 0 Å². The summed E-state index contributed by atoms with van der Waals surface area (Å²) in [6.07, 6.45) is 8.55. The maximum absolute atomic E-state index is 12.4. The van der Waals surface area contributed by atoms with Crippen LogP contribution in [-0.4, -0.2) is 24.6 Å². The van der Waals surface area contributed by atoms with Gasteiger partial charge in [0.25, 0.3) is 5.56 Å². The number of pyridine rings is 2. The Kier molecular flexibility index (Phi) is 2.97. The molecule has 0 spiro atoms. The Hall–Kier alpha value is -2.93. The van der Waals surface area contributed by atoms with E-state index in [1.807, 2.05) is 24.3 Å². The molecular formula is C15H9N5OS. The van der Waals surface area contributed by atoms with Crippen molar-refractivity contribution in [2.45, 2.75) is 0 Å². The van der Waals surface area contributed by atoms with Gasteiger partial charge in [-0.25, -0.2) is 0 Å². The summed E-state index contributed by atoms with van der Waals surface area (Å²) in [5.74, 6) is 0.504. The van der Waals surface area contributed by atoms with Crippen molar-refractivity contribution in [2.24, 2.45) is 0 Å². The molecule has 106 valence electrons. The average molecular weight is 307 g/mol. The first-order chi connectivity index (χ1) is 10.8. The van der Waals surface area contributed by atoms with Crippen LogP contribution in [0.25, 0.3) is 22.4 Å². The second-order valence-electron chi connectivity index (χ2n) is 4.57. The second-order valence-corrected chi connectivity index (χ2v) is 5.58. The van der Waals surface area contributed by atoms with Gasteiger partial charge in [-0.1, -0.05) is 17.4 Å². The van der Waals surface area contributed by atoms with Crippen molar-refractivity contribution in [3.05, 3.63) is 69.5 Å². The molecule has 4 aromatic heterocycles. The SMILES string of the molecule is O=c1/c(=C/c2cccnc2)sc2nc(-c3cccnc3)nn12. The minimum absolute atomic E-state index is 0.175. The second kappa shape index (κ2) is 5.12. The first kappa shape index (κ1) is 12.8. The maximum Gasteiger partial charge on any atom is 0.291 e. The molecule has 0 unspecified atom stereocenters. The van der Waals surface area contributed by atoms with E-state index in [2.05, 4.69) is 20.1 Å². The number of rotatable bonds is 2. The van der Waals surface area contributed by atoms with Crippen LogP contribution in [0.3, 0.4) is 0 Å². The van der Waals surface area contributed by atoms with Crippen LogP contribution >= 0.6 is 11.3 Å². The molecule has 0 aliphatic rings. The highest BCUT2D eigenvalue weighted by molar-refractivity contribution is 7.15. The fraction of sp³-hybridized carbons (Fsp3) is 0. The summed E-state index contributed by atoms with van der Waals surface area (Å²) in [5, 5.41) is 4.27. The third kappa shape index (κ3) is 2.17. The molecule has 4 heterocycles. The zero-order chi connectivity index (χ0) is 14.9. The molecule has 0 aromatic carbocycles. The number of hydrogen-bond acceptors (Lipinski definition) is 6. The average Bonchev–Trinajstić information content (AvgIpc) is 3.10. The Morgan fingerprint density at radius 1 is 1.09 bits per heavy atom. The molecule has 0 atom stereocenters. The van der Waals surface area contributed by atoms with Crippen LogP contribution in [0, 0.1) is 0 Å². The third-order valence-electron chi connectivity index (χ3n) is 3.08. The minimum atomic E-state index is -0.175. The van der Waals surface area contributed by atoms with Crippen LogP contribution in [0.4, 0.5) is 0 Å². The molecule has 0 amide bonds. The lowest BCUT2D eigenvalue weighted by molar-refractivity contribution is 0.936. The lowest BCUT2D eigenvalue weighted by Gasteiger charge is -1.90. The molecule has 7 heteroatoms. The van der Waals surface area contributed by atoms with E-state index in [4.69, 9.17) is 0 Å². The Balaban J connectivity index is 1.85. The predicted molar refractivity (Wildman–Crippen MR) is 83.4 cm³/mol. The molecule has 6 nitrogen and oxygen atoms in total. The van der Waals surface area contributed by atoms with Crippen molar-refractivity contribution in [3.8, 4) is 11.4 Å². The van der Waals surface area contributed by atoms with Gasteiger partial charge in [0.2, 0.25) is 4.96 Å². The molecule has 22 heavy (non-hydrogen) atoms. The minimum Gasteiger partial charge on any atom is -0.266 e. The number of hydrogen-bond donors (Lipinski definition) is 0. The molecule has 0 saturated carbocycles. The number of thiazole rings is 1. The van der Waals surface area contributed by atoms with Gasteiger partial charge >= 0.3 is 0 Å². The smallest absolute Gasteiger partial charge is 0.266 e. The fourth-order valence-corrected chi connectivity index (χ4v) is 2.97. The van der Waals surface area contributed by atoms with E-state index in [1.165, 1.54) is 15.9 Å².